The summed E-state index contributed by atoms with van der Waals surface area (Å²) in [6.07, 6.45) is 2.90. The maximum Gasteiger partial charge on any atom is 0.243 e. The molecule has 7 heteroatoms. The average molecular weight is 408 g/mol. The minimum absolute atomic E-state index is 0.0308. The molecule has 156 valence electrons. The summed E-state index contributed by atoms with van der Waals surface area (Å²) >= 11 is 0. The molecule has 0 bridgehead atoms. The van der Waals surface area contributed by atoms with Crippen LogP contribution in [0.2, 0.25) is 0 Å². The van der Waals surface area contributed by atoms with Crippen LogP contribution in [0.5, 0.6) is 0 Å². The Kier molecular flexibility index (Phi) is 5.64. The van der Waals surface area contributed by atoms with E-state index in [4.69, 9.17) is 0 Å². The van der Waals surface area contributed by atoms with Crippen molar-refractivity contribution in [1.82, 2.24) is 14.9 Å². The zero-order valence-corrected chi connectivity index (χ0v) is 18.4. The largest absolute Gasteiger partial charge is 0.352 e. The molecule has 2 saturated heterocycles. The number of hydrogen-bond donors (Lipinski definition) is 2. The summed E-state index contributed by atoms with van der Waals surface area (Å²) in [6, 6.07) is 6.22. The van der Waals surface area contributed by atoms with Gasteiger partial charge in [0.05, 0.1) is 4.90 Å². The third-order valence-corrected chi connectivity index (χ3v) is 7.59. The molecular formula is C21H33N3O3S. The molecule has 2 aliphatic heterocycles. The summed E-state index contributed by atoms with van der Waals surface area (Å²) in [5.41, 5.74) is 0.845. The Labute approximate surface area is 169 Å². The van der Waals surface area contributed by atoms with Crippen LogP contribution in [0.1, 0.15) is 58.9 Å². The standard InChI is InChI=1S/C21H33N3O3S/c1-15-8-10-17(11-9-15)28(26,27)24-12-6-7-18(24)19(25)22-16-13-20(2,3)23-21(4,5)14-16/h8-11,16,18,23H,6-7,12-14H2,1-5H3,(H,22,25). The maximum atomic E-state index is 13.1. The van der Waals surface area contributed by atoms with Gasteiger partial charge in [-0.25, -0.2) is 8.42 Å². The third kappa shape index (κ3) is 4.58. The van der Waals surface area contributed by atoms with E-state index in [2.05, 4.69) is 38.3 Å². The van der Waals surface area contributed by atoms with E-state index in [1.165, 1.54) is 4.31 Å². The summed E-state index contributed by atoms with van der Waals surface area (Å²) in [5, 5.41) is 6.76. The molecule has 6 nitrogen and oxygen atoms in total. The fourth-order valence-electron chi connectivity index (χ4n) is 4.86. The minimum atomic E-state index is -3.68. The molecule has 0 saturated carbocycles. The first-order valence-corrected chi connectivity index (χ1v) is 11.5. The van der Waals surface area contributed by atoms with Gasteiger partial charge in [0.15, 0.2) is 0 Å². The predicted octanol–water partition coefficient (Wildman–Crippen LogP) is 2.57. The van der Waals surface area contributed by atoms with Crippen LogP contribution in [0.25, 0.3) is 0 Å². The van der Waals surface area contributed by atoms with Gasteiger partial charge in [0.2, 0.25) is 15.9 Å². The van der Waals surface area contributed by atoms with Crippen LogP contribution >= 0.6 is 0 Å². The number of hydrogen-bond acceptors (Lipinski definition) is 4. The number of nitrogens with one attached hydrogen (secondary N) is 2. The van der Waals surface area contributed by atoms with Gasteiger partial charge in [-0.15, -0.1) is 0 Å². The van der Waals surface area contributed by atoms with E-state index in [9.17, 15) is 13.2 Å². The SMILES string of the molecule is Cc1ccc(S(=O)(=O)N2CCCC2C(=O)NC2CC(C)(C)NC(C)(C)C2)cc1. The number of nitrogens with zero attached hydrogens (tertiary/aromatic N) is 1. The van der Waals surface area contributed by atoms with E-state index in [1.54, 1.807) is 24.3 Å². The molecule has 0 spiro atoms. The van der Waals surface area contributed by atoms with Crippen molar-refractivity contribution in [2.45, 2.75) is 88.4 Å². The van der Waals surface area contributed by atoms with Crippen LogP contribution in [0.4, 0.5) is 0 Å². The molecule has 2 aliphatic rings. The zero-order chi connectivity index (χ0) is 20.7. The monoisotopic (exact) mass is 407 g/mol. The molecule has 1 aromatic carbocycles. The molecule has 1 amide bonds. The van der Waals surface area contributed by atoms with Gasteiger partial charge in [-0.1, -0.05) is 17.7 Å². The zero-order valence-electron chi connectivity index (χ0n) is 17.6. The van der Waals surface area contributed by atoms with Crippen molar-refractivity contribution in [2.75, 3.05) is 6.54 Å². The number of aryl methyl sites for hydroxylation is 1. The third-order valence-electron chi connectivity index (χ3n) is 5.67. The molecule has 1 unspecified atom stereocenters. The van der Waals surface area contributed by atoms with E-state index in [1.807, 2.05) is 6.92 Å². The van der Waals surface area contributed by atoms with E-state index in [0.717, 1.165) is 18.4 Å². The normalized spacial score (nSPS) is 25.5. The van der Waals surface area contributed by atoms with Crippen LogP contribution in [-0.4, -0.2) is 48.3 Å². The predicted molar refractivity (Wildman–Crippen MR) is 111 cm³/mol. The van der Waals surface area contributed by atoms with E-state index in [0.29, 0.717) is 19.4 Å². The molecule has 0 aromatic heterocycles. The van der Waals surface area contributed by atoms with Gasteiger partial charge in [0.25, 0.3) is 0 Å². The molecule has 0 aliphatic carbocycles. The lowest BCUT2D eigenvalue weighted by Gasteiger charge is -2.46. The van der Waals surface area contributed by atoms with Gasteiger partial charge < -0.3 is 10.6 Å². The van der Waals surface area contributed by atoms with Crippen molar-refractivity contribution < 1.29 is 13.2 Å². The topological polar surface area (TPSA) is 78.5 Å². The number of benzene rings is 1. The van der Waals surface area contributed by atoms with Crippen LogP contribution in [0, 0.1) is 6.92 Å². The fraction of sp³-hybridized carbons (Fsp3) is 0.667. The molecule has 3 rings (SSSR count). The van der Waals surface area contributed by atoms with Gasteiger partial charge in [0, 0.05) is 23.7 Å². The minimum Gasteiger partial charge on any atom is -0.352 e. The second-order valence-electron chi connectivity index (χ2n) is 9.59. The van der Waals surface area contributed by atoms with Crippen molar-refractivity contribution in [3.8, 4) is 0 Å². The molecule has 28 heavy (non-hydrogen) atoms. The van der Waals surface area contributed by atoms with Crippen LogP contribution in [0.15, 0.2) is 29.2 Å². The lowest BCUT2D eigenvalue weighted by molar-refractivity contribution is -0.125. The van der Waals surface area contributed by atoms with Crippen LogP contribution < -0.4 is 10.6 Å². The summed E-state index contributed by atoms with van der Waals surface area (Å²) in [4.78, 5) is 13.3. The second kappa shape index (κ2) is 7.43. The number of piperidine rings is 1. The molecule has 1 aromatic rings. The Morgan fingerprint density at radius 3 is 2.25 bits per heavy atom. The highest BCUT2D eigenvalue weighted by atomic mass is 32.2. The number of carbonyl (C=O) groups excluding carboxylic acids is 1. The Balaban J connectivity index is 1.75. The summed E-state index contributed by atoms with van der Waals surface area (Å²) in [6.45, 7) is 10.9. The second-order valence-corrected chi connectivity index (χ2v) is 11.5. The fourth-order valence-corrected chi connectivity index (χ4v) is 6.51. The highest BCUT2D eigenvalue weighted by Gasteiger charge is 2.42. The van der Waals surface area contributed by atoms with E-state index >= 15 is 0 Å². The Bertz CT molecular complexity index is 815. The average Bonchev–Trinajstić information content (AvgIpc) is 3.02. The van der Waals surface area contributed by atoms with Gasteiger partial charge in [-0.05, 0) is 72.4 Å². The first-order valence-electron chi connectivity index (χ1n) is 10.1. The van der Waals surface area contributed by atoms with Crippen LogP contribution in [0.3, 0.4) is 0 Å². The number of amides is 1. The first-order chi connectivity index (χ1) is 12.9. The number of rotatable bonds is 4. The number of sulfonamides is 1. The van der Waals surface area contributed by atoms with Gasteiger partial charge in [0.1, 0.15) is 6.04 Å². The lowest BCUT2D eigenvalue weighted by Crippen LogP contribution is -2.63. The van der Waals surface area contributed by atoms with Gasteiger partial charge in [-0.2, -0.15) is 4.31 Å². The van der Waals surface area contributed by atoms with Crippen molar-refractivity contribution in [2.24, 2.45) is 0 Å². The van der Waals surface area contributed by atoms with E-state index in [-0.39, 0.29) is 27.9 Å². The highest BCUT2D eigenvalue weighted by Crippen LogP contribution is 2.30. The lowest BCUT2D eigenvalue weighted by atomic mass is 9.79. The van der Waals surface area contributed by atoms with Crippen molar-refractivity contribution in [1.29, 1.82) is 0 Å². The van der Waals surface area contributed by atoms with Gasteiger partial charge in [-0.3, -0.25) is 4.79 Å². The maximum absolute atomic E-state index is 13.1. The van der Waals surface area contributed by atoms with Crippen molar-refractivity contribution in [3.05, 3.63) is 29.8 Å². The van der Waals surface area contributed by atoms with Crippen LogP contribution in [-0.2, 0) is 14.8 Å². The van der Waals surface area contributed by atoms with Gasteiger partial charge >= 0.3 is 0 Å². The molecule has 2 N–H and O–H groups in total. The molecular weight excluding hydrogens is 374 g/mol. The molecule has 2 fully saturated rings. The Morgan fingerprint density at radius 2 is 1.68 bits per heavy atom. The Hall–Kier alpha value is -1.44. The summed E-state index contributed by atoms with van der Waals surface area (Å²) in [5.74, 6) is -0.174. The quantitative estimate of drug-likeness (QED) is 0.804. The van der Waals surface area contributed by atoms with Crippen molar-refractivity contribution in [3.63, 3.8) is 0 Å². The highest BCUT2D eigenvalue weighted by molar-refractivity contribution is 7.89. The Morgan fingerprint density at radius 1 is 1.11 bits per heavy atom. The van der Waals surface area contributed by atoms with E-state index < -0.39 is 16.1 Å². The molecule has 2 heterocycles. The smallest absolute Gasteiger partial charge is 0.243 e. The first kappa shape index (κ1) is 21.3. The molecule has 1 atom stereocenters. The summed E-state index contributed by atoms with van der Waals surface area (Å²) < 4.78 is 27.6. The molecule has 0 radical (unpaired) electrons. The van der Waals surface area contributed by atoms with Crippen molar-refractivity contribution >= 4 is 15.9 Å². The summed E-state index contributed by atoms with van der Waals surface area (Å²) in [7, 11) is -3.68. The number of carbonyl (C=O) groups is 1.